The summed E-state index contributed by atoms with van der Waals surface area (Å²) in [6.07, 6.45) is 2.61. The van der Waals surface area contributed by atoms with E-state index in [1.54, 1.807) is 83.4 Å². The molecule has 10 amide bonds. The van der Waals surface area contributed by atoms with E-state index in [4.69, 9.17) is 26.7 Å². The van der Waals surface area contributed by atoms with Gasteiger partial charge in [-0.3, -0.25) is 48.1 Å². The number of nitrogens with two attached hydrogens (primary N) is 3. The fourth-order valence-corrected chi connectivity index (χ4v) is 11.1. The number of phenolic OH excluding ortho intramolecular Hbond substituents is 1. The number of nitrogens with zero attached hydrogens (tertiary/aromatic N) is 2. The molecule has 0 unspecified atom stereocenters. The van der Waals surface area contributed by atoms with Crippen molar-refractivity contribution in [3.05, 3.63) is 138 Å². The standard InChI is InChI=1S/C68H89N15O14.ClH/c1-39(2)29-50(58(87)76-49(21-13-27-72-66(70)71)65(94)83-28-14-22-56(83)64(93)75-35-57(69)86)77-60(89)52(31-42-33-73-47-19-11-9-17-45(42)47)79-59(88)51(30-40-23-25-44(85)26-24-40)78-62(91)54(36-84)81-61(90)53(32-43-34-74-48-20-12-10-18-46(43)48)80-63(92)55(82-67(95)97-68(3,4)5)38-96-37-41-15-7-6-8-16-41;/h6-12,15-20,23-26,33-34,39,49-56,73-74,84-85H,13-14,21-22,27-32,35-38H2,1-5H3,(H2,69,86)(H,75,93)(H,76,87)(H,77,89)(H,78,91)(H,79,88)(H,80,92)(H,81,90)(H,82,95)(H4,70,71,72);1H/t49-,50-,51-,52+,53-,54-,55-,56-;/m0./s1. The number of H-pyrrole nitrogens is 2. The molecule has 528 valence electrons. The van der Waals surface area contributed by atoms with Gasteiger partial charge in [-0.1, -0.05) is 92.7 Å². The van der Waals surface area contributed by atoms with Crippen LogP contribution in [-0.4, -0.2) is 177 Å². The molecule has 0 spiro atoms. The molecule has 0 radical (unpaired) electrons. The molecule has 30 heteroatoms. The second-order valence-electron chi connectivity index (χ2n) is 25.2. The molecular weight excluding hydrogens is 1290 g/mol. The fraction of sp³-hybridized carbons (Fsp3) is 0.426. The van der Waals surface area contributed by atoms with Crippen LogP contribution < -0.4 is 59.7 Å². The van der Waals surface area contributed by atoms with Gasteiger partial charge in [-0.25, -0.2) is 4.79 Å². The lowest BCUT2D eigenvalue weighted by Gasteiger charge is -2.30. The molecule has 1 aliphatic heterocycles. The Kier molecular flexibility index (Phi) is 28.8. The van der Waals surface area contributed by atoms with Gasteiger partial charge in [-0.2, -0.15) is 0 Å². The molecule has 8 atom stereocenters. The van der Waals surface area contributed by atoms with Crippen LogP contribution in [0.25, 0.3) is 21.8 Å². The van der Waals surface area contributed by atoms with E-state index in [0.717, 1.165) is 5.56 Å². The van der Waals surface area contributed by atoms with Crippen molar-refractivity contribution in [2.24, 2.45) is 28.1 Å². The number of alkyl carbamates (subject to hydrolysis) is 1. The summed E-state index contributed by atoms with van der Waals surface area (Å²) >= 11 is 0. The van der Waals surface area contributed by atoms with E-state index < -0.39 is 126 Å². The molecule has 0 bridgehead atoms. The van der Waals surface area contributed by atoms with Crippen LogP contribution >= 0.6 is 12.4 Å². The Morgan fingerprint density at radius 1 is 0.622 bits per heavy atom. The number of para-hydroxylation sites is 2. The van der Waals surface area contributed by atoms with E-state index in [2.05, 4.69) is 57.5 Å². The number of amides is 10. The summed E-state index contributed by atoms with van der Waals surface area (Å²) in [4.78, 5) is 153. The summed E-state index contributed by atoms with van der Waals surface area (Å²) in [5.41, 5.74) is 19.2. The summed E-state index contributed by atoms with van der Waals surface area (Å²) < 4.78 is 11.4. The number of hydrogen-bond acceptors (Lipinski definition) is 15. The molecule has 0 saturated carbocycles. The number of likely N-dealkylation sites (tertiary alicyclic amines) is 1. The first-order valence-electron chi connectivity index (χ1n) is 32.1. The number of aliphatic imine (C=N–C) groups is 1. The van der Waals surface area contributed by atoms with Gasteiger partial charge in [0.05, 0.1) is 26.4 Å². The SMILES string of the molecule is CC(C)C[C@H](NC(=O)[C@@H](Cc1c[nH]c2ccccc12)NC(=O)[C@H](Cc1ccc(O)cc1)NC(=O)[C@H](CO)NC(=O)[C@H](Cc1c[nH]c2ccccc12)NC(=O)[C@H](COCc1ccccc1)NC(=O)OC(C)(C)C)C(=O)N[C@@H](CCCN=C(N)N)C(=O)N1CCC[C@H]1C(=O)NCC(N)=O.Cl. The number of aromatic nitrogens is 2. The lowest BCUT2D eigenvalue weighted by atomic mass is 9.99. The second kappa shape index (κ2) is 36.7. The maximum absolute atomic E-state index is 15.1. The average Bonchev–Trinajstić information content (AvgIpc) is 1.64. The maximum atomic E-state index is 15.1. The number of carbonyl (C=O) groups is 10. The molecule has 6 aromatic rings. The molecule has 1 fully saturated rings. The Morgan fingerprint density at radius 2 is 1.12 bits per heavy atom. The third-order valence-corrected chi connectivity index (χ3v) is 15.9. The predicted molar refractivity (Wildman–Crippen MR) is 367 cm³/mol. The summed E-state index contributed by atoms with van der Waals surface area (Å²) in [5.74, 6) is -8.06. The van der Waals surface area contributed by atoms with E-state index >= 15 is 9.59 Å². The van der Waals surface area contributed by atoms with Crippen LogP contribution in [-0.2, 0) is 78.5 Å². The molecule has 98 heavy (non-hydrogen) atoms. The van der Waals surface area contributed by atoms with Gasteiger partial charge in [-0.05, 0) is 105 Å². The average molecular weight is 1380 g/mol. The van der Waals surface area contributed by atoms with Gasteiger partial charge >= 0.3 is 6.09 Å². The molecule has 7 rings (SSSR count). The maximum Gasteiger partial charge on any atom is 0.408 e. The van der Waals surface area contributed by atoms with Crippen LogP contribution in [0.1, 0.15) is 89.0 Å². The Morgan fingerprint density at radius 3 is 1.66 bits per heavy atom. The number of guanidine groups is 1. The number of halogens is 1. The van der Waals surface area contributed by atoms with Crippen molar-refractivity contribution in [3.8, 4) is 5.75 Å². The van der Waals surface area contributed by atoms with Crippen molar-refractivity contribution >= 4 is 99.4 Å². The minimum Gasteiger partial charge on any atom is -0.508 e. The van der Waals surface area contributed by atoms with Crippen molar-refractivity contribution < 1.29 is 67.6 Å². The fourth-order valence-electron chi connectivity index (χ4n) is 11.1. The summed E-state index contributed by atoms with van der Waals surface area (Å²) in [7, 11) is 0. The highest BCUT2D eigenvalue weighted by atomic mass is 35.5. The lowest BCUT2D eigenvalue weighted by molar-refractivity contribution is -0.142. The van der Waals surface area contributed by atoms with Crippen LogP contribution in [0.4, 0.5) is 4.79 Å². The summed E-state index contributed by atoms with van der Waals surface area (Å²) in [6, 6.07) is 17.7. The number of fused-ring (bicyclic) bond motifs is 2. The van der Waals surface area contributed by atoms with Crippen LogP contribution in [0.2, 0.25) is 0 Å². The van der Waals surface area contributed by atoms with Crippen molar-refractivity contribution in [2.75, 3.05) is 32.8 Å². The molecule has 18 N–H and O–H groups in total. The van der Waals surface area contributed by atoms with E-state index in [-0.39, 0.29) is 101 Å². The lowest BCUT2D eigenvalue weighted by Crippen LogP contribution is -2.61. The second-order valence-corrected chi connectivity index (χ2v) is 25.2. The van der Waals surface area contributed by atoms with Gasteiger partial charge in [0.1, 0.15) is 59.7 Å². The zero-order chi connectivity index (χ0) is 70.3. The largest absolute Gasteiger partial charge is 0.508 e. The number of aromatic amines is 2. The van der Waals surface area contributed by atoms with E-state index in [0.29, 0.717) is 44.9 Å². The van der Waals surface area contributed by atoms with Crippen molar-refractivity contribution in [2.45, 2.75) is 147 Å². The van der Waals surface area contributed by atoms with Gasteiger partial charge in [0, 0.05) is 66.6 Å². The predicted octanol–water partition coefficient (Wildman–Crippen LogP) is 1.51. The normalized spacial score (nSPS) is 15.0. The first kappa shape index (κ1) is 76.8. The number of aliphatic hydroxyl groups excluding tert-OH is 1. The van der Waals surface area contributed by atoms with Crippen LogP contribution in [0, 0.1) is 5.92 Å². The topological polar surface area (TPSA) is 451 Å². The number of benzene rings is 4. The van der Waals surface area contributed by atoms with E-state index in [9.17, 15) is 48.6 Å². The highest BCUT2D eigenvalue weighted by molar-refractivity contribution is 5.99. The van der Waals surface area contributed by atoms with Gasteiger partial charge in [-0.15, -0.1) is 12.4 Å². The third kappa shape index (κ3) is 23.2. The number of hydrogen-bond donors (Lipinski definition) is 15. The first-order chi connectivity index (χ1) is 46.2. The van der Waals surface area contributed by atoms with Crippen LogP contribution in [0.3, 0.4) is 0 Å². The number of rotatable bonds is 34. The monoisotopic (exact) mass is 1380 g/mol. The number of carbonyl (C=O) groups excluding carboxylic acids is 10. The molecule has 0 aliphatic carbocycles. The van der Waals surface area contributed by atoms with Crippen LogP contribution in [0.15, 0.2) is 121 Å². The number of phenols is 1. The minimum absolute atomic E-state index is 0. The van der Waals surface area contributed by atoms with Crippen molar-refractivity contribution in [1.82, 2.24) is 57.4 Å². The van der Waals surface area contributed by atoms with Crippen LogP contribution in [0.5, 0.6) is 5.75 Å². The molecule has 3 heterocycles. The zero-order valence-electron chi connectivity index (χ0n) is 55.4. The summed E-state index contributed by atoms with van der Waals surface area (Å²) in [5, 5.41) is 43.9. The molecular formula is C68H90ClN15O14. The van der Waals surface area contributed by atoms with Gasteiger partial charge in [0.25, 0.3) is 0 Å². The number of aliphatic hydroxyl groups is 1. The Labute approximate surface area is 573 Å². The van der Waals surface area contributed by atoms with Crippen molar-refractivity contribution in [1.29, 1.82) is 0 Å². The highest BCUT2D eigenvalue weighted by Gasteiger charge is 2.40. The molecule has 2 aromatic heterocycles. The Bertz CT molecular complexity index is 3740. The quantitative estimate of drug-likeness (QED) is 0.0155. The van der Waals surface area contributed by atoms with E-state index in [1.165, 1.54) is 29.2 Å². The minimum atomic E-state index is -1.80. The van der Waals surface area contributed by atoms with Gasteiger partial charge < -0.3 is 94.3 Å². The highest BCUT2D eigenvalue weighted by Crippen LogP contribution is 2.24. The number of ether oxygens (including phenoxy) is 2. The van der Waals surface area contributed by atoms with Crippen molar-refractivity contribution in [3.63, 3.8) is 0 Å². The molecule has 1 aliphatic rings. The van der Waals surface area contributed by atoms with Gasteiger partial charge in [0.15, 0.2) is 5.96 Å². The molecule has 1 saturated heterocycles. The smallest absolute Gasteiger partial charge is 0.408 e. The number of aromatic hydroxyl groups is 1. The van der Waals surface area contributed by atoms with E-state index in [1.807, 2.05) is 42.5 Å². The zero-order valence-corrected chi connectivity index (χ0v) is 56.2. The third-order valence-electron chi connectivity index (χ3n) is 15.9. The Balaban J connectivity index is 0.0000152. The number of nitrogens with one attached hydrogen (secondary N) is 10. The summed E-state index contributed by atoms with van der Waals surface area (Å²) in [6.45, 7) is 6.95. The van der Waals surface area contributed by atoms with Gasteiger partial charge in [0.2, 0.25) is 53.2 Å². The first-order valence-corrected chi connectivity index (χ1v) is 32.1. The molecule has 29 nitrogen and oxygen atoms in total. The Hall–Kier alpha value is -10.3. The molecule has 4 aromatic carbocycles. The number of primary amides is 1.